The molecular formula is C38H38ClN3O4S. The van der Waals surface area contributed by atoms with E-state index in [4.69, 9.17) is 21.1 Å². The lowest BCUT2D eigenvalue weighted by molar-refractivity contribution is -0.130. The normalized spacial score (nSPS) is 14.3. The van der Waals surface area contributed by atoms with Gasteiger partial charge in [0.2, 0.25) is 5.91 Å². The summed E-state index contributed by atoms with van der Waals surface area (Å²) in [6.07, 6.45) is 0. The number of halogens is 1. The summed E-state index contributed by atoms with van der Waals surface area (Å²) >= 11 is 8.25. The van der Waals surface area contributed by atoms with Gasteiger partial charge in [-0.3, -0.25) is 9.69 Å². The zero-order valence-electron chi connectivity index (χ0n) is 26.5. The fraction of sp³-hybridized carbons (Fsp3) is 0.263. The standard InChI is InChI=1S/C38H38ClN3O4S/c1-3-46-38(44)35-34(30-24-28(45-2)18-19-32(30)40-35)37(29-16-10-11-17-31(29)39)47-25-33(43)41-20-22-42(23-21-41)36(26-12-6-4-7-13-26)27-14-8-5-9-15-27/h4-19,24,36-37,40H,3,20-23,25H2,1-2H3/t37-/m1/s1. The number of hydrogen-bond acceptors (Lipinski definition) is 6. The number of esters is 1. The minimum atomic E-state index is -0.454. The second-order valence-electron chi connectivity index (χ2n) is 11.4. The SMILES string of the molecule is CCOC(=O)c1[nH]c2ccc(OC)cc2c1[C@H](SCC(=O)N1CCN(C(c2ccccc2)c2ccccc2)CC1)c1ccccc1Cl. The molecule has 1 saturated heterocycles. The number of carbonyl (C=O) groups is 2. The number of thioether (sulfide) groups is 1. The van der Waals surface area contributed by atoms with Crippen molar-refractivity contribution in [1.29, 1.82) is 0 Å². The monoisotopic (exact) mass is 667 g/mol. The van der Waals surface area contributed by atoms with Gasteiger partial charge in [-0.2, -0.15) is 0 Å². The molecule has 0 saturated carbocycles. The lowest BCUT2D eigenvalue weighted by atomic mass is 9.96. The van der Waals surface area contributed by atoms with Crippen molar-refractivity contribution in [1.82, 2.24) is 14.8 Å². The number of rotatable bonds is 11. The van der Waals surface area contributed by atoms with Crippen LogP contribution in [0.1, 0.15) is 51.0 Å². The van der Waals surface area contributed by atoms with Crippen molar-refractivity contribution in [2.75, 3.05) is 45.6 Å². The smallest absolute Gasteiger partial charge is 0.355 e. The fourth-order valence-electron chi connectivity index (χ4n) is 6.33. The van der Waals surface area contributed by atoms with Crippen LogP contribution in [0.15, 0.2) is 103 Å². The van der Waals surface area contributed by atoms with Gasteiger partial charge in [0.15, 0.2) is 0 Å². The lowest BCUT2D eigenvalue weighted by Crippen LogP contribution is -2.50. The van der Waals surface area contributed by atoms with Gasteiger partial charge in [0, 0.05) is 47.7 Å². The third kappa shape index (κ3) is 7.20. The Kier molecular flexibility index (Phi) is 10.5. The minimum Gasteiger partial charge on any atom is -0.497 e. The van der Waals surface area contributed by atoms with E-state index in [2.05, 4.69) is 58.4 Å². The highest BCUT2D eigenvalue weighted by atomic mass is 35.5. The zero-order valence-corrected chi connectivity index (χ0v) is 28.1. The van der Waals surface area contributed by atoms with Gasteiger partial charge < -0.3 is 19.4 Å². The highest BCUT2D eigenvalue weighted by Crippen LogP contribution is 2.45. The fourth-order valence-corrected chi connectivity index (χ4v) is 7.93. The second kappa shape index (κ2) is 15.1. The maximum Gasteiger partial charge on any atom is 0.355 e. The van der Waals surface area contributed by atoms with Crippen LogP contribution in [-0.4, -0.2) is 72.3 Å². The molecule has 7 nitrogen and oxygen atoms in total. The Balaban J connectivity index is 1.25. The number of benzene rings is 4. The highest BCUT2D eigenvalue weighted by Gasteiger charge is 2.32. The van der Waals surface area contributed by atoms with Gasteiger partial charge in [-0.25, -0.2) is 4.79 Å². The number of H-pyrrole nitrogens is 1. The summed E-state index contributed by atoms with van der Waals surface area (Å²) in [5, 5.41) is 0.958. The van der Waals surface area contributed by atoms with Gasteiger partial charge in [0.25, 0.3) is 0 Å². The summed E-state index contributed by atoms with van der Waals surface area (Å²) in [4.78, 5) is 34.8. The first-order valence-corrected chi connectivity index (χ1v) is 17.3. The Bertz CT molecular complexity index is 1780. The van der Waals surface area contributed by atoms with Crippen LogP contribution < -0.4 is 4.74 Å². The van der Waals surface area contributed by atoms with Crippen LogP contribution in [0.5, 0.6) is 5.75 Å². The average molecular weight is 668 g/mol. The van der Waals surface area contributed by atoms with Crippen molar-refractivity contribution >= 4 is 46.1 Å². The van der Waals surface area contributed by atoms with Gasteiger partial charge in [-0.1, -0.05) is 90.5 Å². The Labute approximate surface area is 284 Å². The maximum absolute atomic E-state index is 13.8. The molecule has 0 radical (unpaired) electrons. The number of aromatic amines is 1. The van der Waals surface area contributed by atoms with Crippen molar-refractivity contribution in [2.45, 2.75) is 18.2 Å². The molecule has 1 N–H and O–H groups in total. The zero-order chi connectivity index (χ0) is 32.8. The van der Waals surface area contributed by atoms with E-state index in [1.54, 1.807) is 14.0 Å². The Hall–Kier alpha value is -4.24. The minimum absolute atomic E-state index is 0.0535. The lowest BCUT2D eigenvalue weighted by Gasteiger charge is -2.40. The average Bonchev–Trinajstić information content (AvgIpc) is 3.49. The summed E-state index contributed by atoms with van der Waals surface area (Å²) in [6, 6.07) is 34.4. The number of nitrogens with one attached hydrogen (secondary N) is 1. The van der Waals surface area contributed by atoms with Crippen LogP contribution in [0.3, 0.4) is 0 Å². The molecule has 1 aromatic heterocycles. The van der Waals surface area contributed by atoms with E-state index in [1.165, 1.54) is 22.9 Å². The molecule has 5 aromatic rings. The van der Waals surface area contributed by atoms with Crippen LogP contribution in [-0.2, 0) is 9.53 Å². The maximum atomic E-state index is 13.8. The van der Waals surface area contributed by atoms with Crippen molar-refractivity contribution in [3.63, 3.8) is 0 Å². The largest absolute Gasteiger partial charge is 0.497 e. The van der Waals surface area contributed by atoms with Crippen molar-refractivity contribution < 1.29 is 19.1 Å². The second-order valence-corrected chi connectivity index (χ2v) is 12.9. The quantitative estimate of drug-likeness (QED) is 0.145. The van der Waals surface area contributed by atoms with Crippen LogP contribution >= 0.6 is 23.4 Å². The van der Waals surface area contributed by atoms with E-state index in [-0.39, 0.29) is 24.3 Å². The third-order valence-electron chi connectivity index (χ3n) is 8.61. The molecule has 47 heavy (non-hydrogen) atoms. The Morgan fingerprint density at radius 1 is 0.872 bits per heavy atom. The number of amides is 1. The summed E-state index contributed by atoms with van der Waals surface area (Å²) in [5.41, 5.74) is 5.15. The number of nitrogens with zero attached hydrogens (tertiary/aromatic N) is 2. The number of hydrogen-bond donors (Lipinski definition) is 1. The molecule has 242 valence electrons. The molecule has 0 bridgehead atoms. The molecule has 0 aliphatic carbocycles. The topological polar surface area (TPSA) is 74.9 Å². The predicted octanol–water partition coefficient (Wildman–Crippen LogP) is 7.76. The van der Waals surface area contributed by atoms with E-state index in [9.17, 15) is 9.59 Å². The summed E-state index contributed by atoms with van der Waals surface area (Å²) in [5.74, 6) is 0.478. The molecule has 1 aliphatic heterocycles. The van der Waals surface area contributed by atoms with E-state index in [1.807, 2.05) is 59.5 Å². The Morgan fingerprint density at radius 3 is 2.13 bits per heavy atom. The van der Waals surface area contributed by atoms with E-state index in [0.717, 1.165) is 35.1 Å². The molecule has 0 spiro atoms. The third-order valence-corrected chi connectivity index (χ3v) is 10.2. The molecule has 1 amide bonds. The van der Waals surface area contributed by atoms with Crippen molar-refractivity contribution in [3.8, 4) is 5.75 Å². The van der Waals surface area contributed by atoms with Gasteiger partial charge in [-0.05, 0) is 47.9 Å². The van der Waals surface area contributed by atoms with Crippen LogP contribution in [0.2, 0.25) is 5.02 Å². The van der Waals surface area contributed by atoms with Gasteiger partial charge in [0.05, 0.1) is 30.8 Å². The molecule has 9 heteroatoms. The van der Waals surface area contributed by atoms with Crippen LogP contribution in [0.4, 0.5) is 0 Å². The predicted molar refractivity (Wildman–Crippen MR) is 189 cm³/mol. The first-order chi connectivity index (χ1) is 23.0. The highest BCUT2D eigenvalue weighted by molar-refractivity contribution is 8.00. The van der Waals surface area contributed by atoms with Crippen LogP contribution in [0.25, 0.3) is 10.9 Å². The molecule has 1 aliphatic rings. The molecule has 6 rings (SSSR count). The number of carbonyl (C=O) groups excluding carboxylic acids is 2. The first-order valence-electron chi connectivity index (χ1n) is 15.8. The summed E-state index contributed by atoms with van der Waals surface area (Å²) < 4.78 is 11.0. The van der Waals surface area contributed by atoms with Crippen molar-refractivity contribution in [3.05, 3.63) is 136 Å². The Morgan fingerprint density at radius 2 is 1.51 bits per heavy atom. The van der Waals surface area contributed by atoms with Gasteiger partial charge in [-0.15, -0.1) is 11.8 Å². The number of aromatic nitrogens is 1. The van der Waals surface area contributed by atoms with Gasteiger partial charge >= 0.3 is 5.97 Å². The van der Waals surface area contributed by atoms with Gasteiger partial charge in [0.1, 0.15) is 11.4 Å². The molecule has 1 atom stereocenters. The van der Waals surface area contributed by atoms with E-state index < -0.39 is 11.2 Å². The molecule has 1 fully saturated rings. The van der Waals surface area contributed by atoms with E-state index >= 15 is 0 Å². The molecule has 2 heterocycles. The number of ether oxygens (including phenoxy) is 2. The number of methoxy groups -OCH3 is 1. The summed E-state index contributed by atoms with van der Waals surface area (Å²) in [6.45, 7) is 4.79. The van der Waals surface area contributed by atoms with Crippen LogP contribution in [0, 0.1) is 0 Å². The molecule has 0 unspecified atom stereocenters. The number of fused-ring (bicyclic) bond motifs is 1. The molecular weight excluding hydrogens is 630 g/mol. The molecule has 4 aromatic carbocycles. The van der Waals surface area contributed by atoms with Crippen molar-refractivity contribution in [2.24, 2.45) is 0 Å². The summed E-state index contributed by atoms with van der Waals surface area (Å²) in [7, 11) is 1.61. The first kappa shape index (κ1) is 32.7. The number of piperazine rings is 1. The van der Waals surface area contributed by atoms with E-state index in [0.29, 0.717) is 29.6 Å².